The summed E-state index contributed by atoms with van der Waals surface area (Å²) in [6.45, 7) is 8.65. The Morgan fingerprint density at radius 1 is 1.03 bits per heavy atom. The van der Waals surface area contributed by atoms with Gasteiger partial charge in [0.1, 0.15) is 11.5 Å². The summed E-state index contributed by atoms with van der Waals surface area (Å²) in [4.78, 5) is 29.1. The molecule has 0 saturated carbocycles. The second-order valence-corrected chi connectivity index (χ2v) is 7.82. The van der Waals surface area contributed by atoms with Crippen LogP contribution < -0.4 is 9.47 Å². The highest BCUT2D eigenvalue weighted by molar-refractivity contribution is 5.85. The van der Waals surface area contributed by atoms with Crippen molar-refractivity contribution >= 4 is 11.8 Å². The molecular formula is C23H30N2O5. The first-order chi connectivity index (χ1) is 14.4. The zero-order valence-corrected chi connectivity index (χ0v) is 18.1. The van der Waals surface area contributed by atoms with Gasteiger partial charge < -0.3 is 23.7 Å². The van der Waals surface area contributed by atoms with E-state index in [4.69, 9.17) is 13.9 Å². The first-order valence-corrected chi connectivity index (χ1v) is 10.4. The average Bonchev–Trinajstić information content (AvgIpc) is 3.33. The Bertz CT molecular complexity index is 889. The summed E-state index contributed by atoms with van der Waals surface area (Å²) in [6.07, 6.45) is 1.19. The SMILES string of the molecule is CCCC(=O)N(CC(=O)N(Cc1ccc2c(c1)OCO2)Cc1ccc(C)o1)C(C)C. The number of carbonyl (C=O) groups is 2. The predicted molar refractivity (Wildman–Crippen MR) is 112 cm³/mol. The standard InChI is InChI=1S/C23H30N2O5/c1-5-6-22(26)25(16(2)3)14-23(27)24(13-19-9-7-17(4)30-19)12-18-8-10-20-21(11-18)29-15-28-20/h7-11,16H,5-6,12-15H2,1-4H3. The van der Waals surface area contributed by atoms with Crippen LogP contribution in [0.15, 0.2) is 34.7 Å². The number of carbonyl (C=O) groups excluding carboxylic acids is 2. The van der Waals surface area contributed by atoms with Crippen LogP contribution in [0, 0.1) is 6.92 Å². The molecule has 0 aliphatic carbocycles. The van der Waals surface area contributed by atoms with Crippen LogP contribution >= 0.6 is 0 Å². The van der Waals surface area contributed by atoms with Crippen molar-refractivity contribution in [2.75, 3.05) is 13.3 Å². The number of hydrogen-bond donors (Lipinski definition) is 0. The minimum atomic E-state index is -0.125. The third kappa shape index (κ3) is 5.34. The molecule has 7 heteroatoms. The maximum atomic E-state index is 13.3. The molecule has 1 aromatic heterocycles. The molecule has 162 valence electrons. The summed E-state index contributed by atoms with van der Waals surface area (Å²) in [5, 5.41) is 0. The van der Waals surface area contributed by atoms with E-state index in [1.54, 1.807) is 9.80 Å². The number of benzene rings is 1. The van der Waals surface area contributed by atoms with Crippen molar-refractivity contribution in [3.8, 4) is 11.5 Å². The third-order valence-corrected chi connectivity index (χ3v) is 5.02. The second-order valence-electron chi connectivity index (χ2n) is 7.82. The summed E-state index contributed by atoms with van der Waals surface area (Å²) < 4.78 is 16.5. The summed E-state index contributed by atoms with van der Waals surface area (Å²) in [6, 6.07) is 9.36. The highest BCUT2D eigenvalue weighted by Gasteiger charge is 2.24. The van der Waals surface area contributed by atoms with Crippen molar-refractivity contribution in [2.24, 2.45) is 0 Å². The lowest BCUT2D eigenvalue weighted by Crippen LogP contribution is -2.45. The summed E-state index contributed by atoms with van der Waals surface area (Å²) in [5.74, 6) is 2.75. The summed E-state index contributed by atoms with van der Waals surface area (Å²) in [7, 11) is 0. The number of nitrogens with zero attached hydrogens (tertiary/aromatic N) is 2. The fraction of sp³-hybridized carbons (Fsp3) is 0.478. The molecule has 1 aliphatic rings. The Morgan fingerprint density at radius 3 is 2.47 bits per heavy atom. The van der Waals surface area contributed by atoms with Crippen molar-refractivity contribution in [3.63, 3.8) is 0 Å². The number of hydrogen-bond acceptors (Lipinski definition) is 5. The van der Waals surface area contributed by atoms with E-state index < -0.39 is 0 Å². The van der Waals surface area contributed by atoms with E-state index in [1.165, 1.54) is 0 Å². The van der Waals surface area contributed by atoms with E-state index in [1.807, 2.05) is 58.0 Å². The van der Waals surface area contributed by atoms with Gasteiger partial charge in [0.25, 0.3) is 0 Å². The molecule has 0 N–H and O–H groups in total. The van der Waals surface area contributed by atoms with Crippen LogP contribution in [-0.4, -0.2) is 41.0 Å². The van der Waals surface area contributed by atoms with Crippen molar-refractivity contribution < 1.29 is 23.5 Å². The monoisotopic (exact) mass is 414 g/mol. The summed E-state index contributed by atoms with van der Waals surface area (Å²) >= 11 is 0. The van der Waals surface area contributed by atoms with Gasteiger partial charge in [-0.3, -0.25) is 9.59 Å². The Hall–Kier alpha value is -2.96. The Morgan fingerprint density at radius 2 is 1.80 bits per heavy atom. The smallest absolute Gasteiger partial charge is 0.242 e. The molecule has 2 aromatic rings. The van der Waals surface area contributed by atoms with Gasteiger partial charge in [-0.1, -0.05) is 13.0 Å². The van der Waals surface area contributed by atoms with Gasteiger partial charge >= 0.3 is 0 Å². The van der Waals surface area contributed by atoms with E-state index in [0.717, 1.165) is 17.7 Å². The molecule has 0 radical (unpaired) electrons. The van der Waals surface area contributed by atoms with Gasteiger partial charge in [0.2, 0.25) is 18.6 Å². The van der Waals surface area contributed by atoms with Crippen LogP contribution in [0.2, 0.25) is 0 Å². The third-order valence-electron chi connectivity index (χ3n) is 5.02. The number of amides is 2. The van der Waals surface area contributed by atoms with Crippen LogP contribution in [0.25, 0.3) is 0 Å². The molecule has 3 rings (SSSR count). The highest BCUT2D eigenvalue weighted by Crippen LogP contribution is 2.33. The average molecular weight is 415 g/mol. The molecular weight excluding hydrogens is 384 g/mol. The molecule has 2 heterocycles. The number of rotatable bonds is 9. The van der Waals surface area contributed by atoms with E-state index in [-0.39, 0.29) is 31.2 Å². The van der Waals surface area contributed by atoms with Crippen molar-refractivity contribution in [3.05, 3.63) is 47.4 Å². The minimum Gasteiger partial charge on any atom is -0.464 e. The number of furan rings is 1. The molecule has 30 heavy (non-hydrogen) atoms. The molecule has 2 amide bonds. The highest BCUT2D eigenvalue weighted by atomic mass is 16.7. The topological polar surface area (TPSA) is 72.2 Å². The Kier molecular flexibility index (Phi) is 7.03. The normalized spacial score (nSPS) is 12.3. The van der Waals surface area contributed by atoms with Gasteiger partial charge in [-0.2, -0.15) is 0 Å². The number of aryl methyl sites for hydroxylation is 1. The lowest BCUT2D eigenvalue weighted by Gasteiger charge is -2.30. The zero-order chi connectivity index (χ0) is 21.7. The van der Waals surface area contributed by atoms with Crippen LogP contribution in [0.4, 0.5) is 0 Å². The van der Waals surface area contributed by atoms with Gasteiger partial charge in [0.15, 0.2) is 11.5 Å². The lowest BCUT2D eigenvalue weighted by atomic mass is 10.1. The predicted octanol–water partition coefficient (Wildman–Crippen LogP) is 3.88. The molecule has 0 bridgehead atoms. The van der Waals surface area contributed by atoms with E-state index >= 15 is 0 Å². The van der Waals surface area contributed by atoms with Gasteiger partial charge in [0.05, 0.1) is 13.1 Å². The van der Waals surface area contributed by atoms with Gasteiger partial charge in [-0.25, -0.2) is 0 Å². The van der Waals surface area contributed by atoms with Crippen molar-refractivity contribution in [1.82, 2.24) is 9.80 Å². The first-order valence-electron chi connectivity index (χ1n) is 10.4. The van der Waals surface area contributed by atoms with E-state index in [0.29, 0.717) is 36.8 Å². The lowest BCUT2D eigenvalue weighted by molar-refractivity contribution is -0.142. The van der Waals surface area contributed by atoms with Gasteiger partial charge in [-0.15, -0.1) is 0 Å². The molecule has 7 nitrogen and oxygen atoms in total. The van der Waals surface area contributed by atoms with E-state index in [9.17, 15) is 9.59 Å². The Labute approximate surface area is 177 Å². The fourth-order valence-corrected chi connectivity index (χ4v) is 3.41. The van der Waals surface area contributed by atoms with Crippen molar-refractivity contribution in [1.29, 1.82) is 0 Å². The molecule has 0 unspecified atom stereocenters. The van der Waals surface area contributed by atoms with Crippen LogP contribution in [-0.2, 0) is 22.7 Å². The van der Waals surface area contributed by atoms with Crippen LogP contribution in [0.1, 0.15) is 50.7 Å². The Balaban J connectivity index is 1.79. The van der Waals surface area contributed by atoms with Gasteiger partial charge in [0, 0.05) is 19.0 Å². The second kappa shape index (κ2) is 9.69. The minimum absolute atomic E-state index is 0.00211. The first kappa shape index (κ1) is 21.7. The molecule has 0 fully saturated rings. The molecule has 1 aliphatic heterocycles. The quantitative estimate of drug-likeness (QED) is 0.623. The maximum Gasteiger partial charge on any atom is 0.242 e. The van der Waals surface area contributed by atoms with Crippen molar-refractivity contribution in [2.45, 2.75) is 59.7 Å². The van der Waals surface area contributed by atoms with Crippen LogP contribution in [0.5, 0.6) is 11.5 Å². The zero-order valence-electron chi connectivity index (χ0n) is 18.1. The fourth-order valence-electron chi connectivity index (χ4n) is 3.41. The molecule has 0 saturated heterocycles. The molecule has 0 spiro atoms. The number of ether oxygens (including phenoxy) is 2. The molecule has 1 aromatic carbocycles. The van der Waals surface area contributed by atoms with Crippen LogP contribution in [0.3, 0.4) is 0 Å². The maximum absolute atomic E-state index is 13.3. The van der Waals surface area contributed by atoms with Gasteiger partial charge in [-0.05, 0) is 57.0 Å². The largest absolute Gasteiger partial charge is 0.464 e. The summed E-state index contributed by atoms with van der Waals surface area (Å²) in [5.41, 5.74) is 0.923. The number of fused-ring (bicyclic) bond motifs is 1. The molecule has 0 atom stereocenters. The van der Waals surface area contributed by atoms with E-state index in [2.05, 4.69) is 0 Å².